The van der Waals surface area contributed by atoms with Gasteiger partial charge in [-0.1, -0.05) is 34.9 Å². The molecule has 0 radical (unpaired) electrons. The number of nitrogens with zero attached hydrogens (tertiary/aromatic N) is 1. The second-order valence-corrected chi connectivity index (χ2v) is 8.69. The first-order valence-electron chi connectivity index (χ1n) is 10.5. The molecule has 0 heterocycles. The fourth-order valence-corrected chi connectivity index (χ4v) is 3.36. The maximum atomic E-state index is 12.2. The van der Waals surface area contributed by atoms with Gasteiger partial charge >= 0.3 is 0 Å². The molecule has 0 spiro atoms. The minimum absolute atomic E-state index is 0.102. The van der Waals surface area contributed by atoms with Gasteiger partial charge in [-0.3, -0.25) is 4.79 Å². The molecule has 0 aliphatic heterocycles. The zero-order valence-electron chi connectivity index (χ0n) is 18.1. The fraction of sp³-hybridized carbons (Fsp3) is 0.696. The highest BCUT2D eigenvalue weighted by Gasteiger charge is 2.21. The van der Waals surface area contributed by atoms with Crippen LogP contribution in [-0.4, -0.2) is 37.7 Å². The molecule has 0 fully saturated rings. The quantitative estimate of drug-likeness (QED) is 0.231. The number of nitrogens with one attached hydrogen (secondary N) is 1. The van der Waals surface area contributed by atoms with E-state index in [1.807, 2.05) is 0 Å². The first kappa shape index (κ1) is 23.6. The molecule has 0 saturated carbocycles. The molecular weight excluding hydrogens is 336 g/mol. The molecule has 154 valence electrons. The molecule has 1 aliphatic carbocycles. The molecule has 4 nitrogen and oxygen atoms in total. The Bertz CT molecular complexity index is 549. The van der Waals surface area contributed by atoms with Gasteiger partial charge in [0.1, 0.15) is 0 Å². The molecule has 1 amide bonds. The number of hydroxylamine groups is 3. The van der Waals surface area contributed by atoms with Gasteiger partial charge in [-0.2, -0.15) is 0 Å². The summed E-state index contributed by atoms with van der Waals surface area (Å²) in [5.74, 6) is 0.251. The third kappa shape index (κ3) is 11.8. The van der Waals surface area contributed by atoms with Crippen LogP contribution in [0.15, 0.2) is 34.9 Å². The second kappa shape index (κ2) is 12.1. The molecule has 0 aromatic heterocycles. The summed E-state index contributed by atoms with van der Waals surface area (Å²) in [5.41, 5.74) is 4.36. The largest absolute Gasteiger partial charge is 0.633 e. The summed E-state index contributed by atoms with van der Waals surface area (Å²) in [7, 11) is 3.27. The van der Waals surface area contributed by atoms with Crippen molar-refractivity contribution in [1.29, 1.82) is 0 Å². The summed E-state index contributed by atoms with van der Waals surface area (Å²) in [6, 6.07) is 0. The lowest BCUT2D eigenvalue weighted by molar-refractivity contribution is -0.840. The average molecular weight is 377 g/mol. The van der Waals surface area contributed by atoms with Crippen LogP contribution in [0.25, 0.3) is 0 Å². The number of hydrogen-bond acceptors (Lipinski definition) is 2. The number of carbonyl (C=O) groups excluding carboxylic acids is 1. The summed E-state index contributed by atoms with van der Waals surface area (Å²) >= 11 is 0. The van der Waals surface area contributed by atoms with Gasteiger partial charge in [-0.15, -0.1) is 0 Å². The summed E-state index contributed by atoms with van der Waals surface area (Å²) in [6.45, 7) is 7.66. The second-order valence-electron chi connectivity index (χ2n) is 8.69. The van der Waals surface area contributed by atoms with E-state index in [0.717, 1.165) is 51.4 Å². The summed E-state index contributed by atoms with van der Waals surface area (Å²) in [6.07, 6.45) is 15.0. The van der Waals surface area contributed by atoms with Crippen LogP contribution in [0.5, 0.6) is 0 Å². The summed E-state index contributed by atoms with van der Waals surface area (Å²) in [5, 5.41) is 14.5. The molecule has 0 saturated heterocycles. The Balaban J connectivity index is 2.24. The van der Waals surface area contributed by atoms with E-state index in [-0.39, 0.29) is 16.5 Å². The molecule has 1 N–H and O–H groups in total. The van der Waals surface area contributed by atoms with Crippen LogP contribution in [0, 0.1) is 11.1 Å². The van der Waals surface area contributed by atoms with Crippen LogP contribution >= 0.6 is 0 Å². The van der Waals surface area contributed by atoms with Crippen molar-refractivity contribution >= 4 is 5.91 Å². The molecular formula is C23H40N2O2. The van der Waals surface area contributed by atoms with Crippen molar-refractivity contribution in [2.24, 2.45) is 5.92 Å². The Hall–Kier alpha value is -1.39. The van der Waals surface area contributed by atoms with Crippen LogP contribution in [0.2, 0.25) is 0 Å². The van der Waals surface area contributed by atoms with Gasteiger partial charge in [-0.25, -0.2) is 0 Å². The topological polar surface area (TPSA) is 52.2 Å². The fourth-order valence-electron chi connectivity index (χ4n) is 3.36. The Morgan fingerprint density at radius 1 is 1.26 bits per heavy atom. The molecule has 27 heavy (non-hydrogen) atoms. The predicted molar refractivity (Wildman–Crippen MR) is 115 cm³/mol. The molecule has 0 aromatic rings. The number of allylic oxidation sites excluding steroid dienone is 6. The third-order valence-electron chi connectivity index (χ3n) is 5.10. The highest BCUT2D eigenvalue weighted by atomic mass is 16.5. The van der Waals surface area contributed by atoms with Crippen LogP contribution in [0.4, 0.5) is 0 Å². The number of rotatable bonds is 11. The van der Waals surface area contributed by atoms with E-state index in [4.69, 9.17) is 0 Å². The highest BCUT2D eigenvalue weighted by Crippen LogP contribution is 2.26. The van der Waals surface area contributed by atoms with E-state index in [2.05, 4.69) is 44.3 Å². The monoisotopic (exact) mass is 376 g/mol. The normalized spacial score (nSPS) is 18.1. The molecule has 0 bridgehead atoms. The van der Waals surface area contributed by atoms with Crippen molar-refractivity contribution in [1.82, 2.24) is 5.32 Å². The molecule has 1 unspecified atom stereocenters. The number of hydrogen-bond donors (Lipinski definition) is 1. The van der Waals surface area contributed by atoms with Gasteiger partial charge in [0.05, 0.1) is 20.6 Å². The zero-order chi connectivity index (χ0) is 20.3. The zero-order valence-corrected chi connectivity index (χ0v) is 18.1. The van der Waals surface area contributed by atoms with Gasteiger partial charge in [0, 0.05) is 18.9 Å². The van der Waals surface area contributed by atoms with Crippen LogP contribution < -0.4 is 5.32 Å². The van der Waals surface area contributed by atoms with E-state index in [1.54, 1.807) is 14.1 Å². The summed E-state index contributed by atoms with van der Waals surface area (Å²) < 4.78 is -0.297. The van der Waals surface area contributed by atoms with Crippen LogP contribution in [0.3, 0.4) is 0 Å². The molecule has 1 aliphatic rings. The Kier molecular flexibility index (Phi) is 10.6. The summed E-state index contributed by atoms with van der Waals surface area (Å²) in [4.78, 5) is 12.2. The van der Waals surface area contributed by atoms with E-state index in [9.17, 15) is 10.0 Å². The van der Waals surface area contributed by atoms with Gasteiger partial charge in [0.25, 0.3) is 0 Å². The number of carbonyl (C=O) groups is 1. The molecule has 4 heteroatoms. The van der Waals surface area contributed by atoms with Gasteiger partial charge in [-0.05, 0) is 65.7 Å². The first-order valence-corrected chi connectivity index (χ1v) is 10.5. The first-order chi connectivity index (χ1) is 12.7. The van der Waals surface area contributed by atoms with Crippen molar-refractivity contribution in [3.8, 4) is 0 Å². The van der Waals surface area contributed by atoms with E-state index >= 15 is 0 Å². The van der Waals surface area contributed by atoms with E-state index in [1.165, 1.54) is 16.7 Å². The molecule has 1 atom stereocenters. The molecule has 1 rings (SSSR count). The van der Waals surface area contributed by atoms with Crippen molar-refractivity contribution in [2.75, 3.05) is 27.2 Å². The van der Waals surface area contributed by atoms with Crippen molar-refractivity contribution in [2.45, 2.75) is 72.1 Å². The van der Waals surface area contributed by atoms with E-state index < -0.39 is 0 Å². The standard InChI is InChI=1S/C23H40N2O2/c1-19(2)9-6-10-20(3)11-7-12-21-13-15-22(16-14-21)23(26)24-17-8-18-25(4,5)27/h9,11,13,22H,6-8,10,12,14-18H2,1-5H3,(H,24,26). The minimum atomic E-state index is -0.297. The van der Waals surface area contributed by atoms with Crippen LogP contribution in [0.1, 0.15) is 72.1 Å². The van der Waals surface area contributed by atoms with Gasteiger partial charge in [0.2, 0.25) is 5.91 Å². The number of amides is 1. The Labute approximate surface area is 166 Å². The van der Waals surface area contributed by atoms with E-state index in [0.29, 0.717) is 13.1 Å². The SMILES string of the molecule is CC(C)=CCCC(C)=CCCC1=CCC(C(=O)NCCC[N+](C)(C)[O-])CC1. The average Bonchev–Trinajstić information content (AvgIpc) is 2.58. The Morgan fingerprint density at radius 3 is 2.59 bits per heavy atom. The van der Waals surface area contributed by atoms with Crippen molar-refractivity contribution in [3.63, 3.8) is 0 Å². The third-order valence-corrected chi connectivity index (χ3v) is 5.10. The van der Waals surface area contributed by atoms with Crippen molar-refractivity contribution < 1.29 is 9.44 Å². The van der Waals surface area contributed by atoms with Gasteiger partial charge in [0.15, 0.2) is 0 Å². The van der Waals surface area contributed by atoms with Gasteiger partial charge < -0.3 is 15.2 Å². The number of quaternary nitrogens is 1. The van der Waals surface area contributed by atoms with Crippen molar-refractivity contribution in [3.05, 3.63) is 40.2 Å². The smallest absolute Gasteiger partial charge is 0.223 e. The lowest BCUT2D eigenvalue weighted by Gasteiger charge is -2.33. The highest BCUT2D eigenvalue weighted by molar-refractivity contribution is 5.79. The lowest BCUT2D eigenvalue weighted by atomic mass is 9.87. The minimum Gasteiger partial charge on any atom is -0.633 e. The maximum Gasteiger partial charge on any atom is 0.223 e. The van der Waals surface area contributed by atoms with Crippen LogP contribution in [-0.2, 0) is 4.79 Å². The lowest BCUT2D eigenvalue weighted by Crippen LogP contribution is -2.37. The predicted octanol–water partition coefficient (Wildman–Crippen LogP) is 5.27. The maximum absolute atomic E-state index is 12.2. The Morgan fingerprint density at radius 2 is 2.00 bits per heavy atom. The molecule has 0 aromatic carbocycles.